The highest BCUT2D eigenvalue weighted by Gasteiger charge is 2.35. The van der Waals surface area contributed by atoms with Gasteiger partial charge < -0.3 is 21.1 Å². The Kier molecular flexibility index (Phi) is 9.41. The highest BCUT2D eigenvalue weighted by molar-refractivity contribution is 7.88. The van der Waals surface area contributed by atoms with E-state index in [1.165, 1.54) is 4.90 Å². The maximum absolute atomic E-state index is 12.6. The van der Waals surface area contributed by atoms with Crippen LogP contribution in [0, 0.1) is 0 Å². The van der Waals surface area contributed by atoms with Crippen molar-refractivity contribution in [2.45, 2.75) is 49.9 Å². The molecule has 1 heterocycles. The number of nitrogens with zero attached hydrogens (tertiary/aromatic N) is 1. The van der Waals surface area contributed by atoms with Crippen molar-refractivity contribution in [1.29, 1.82) is 0 Å². The second kappa shape index (κ2) is 11.8. The molecule has 1 fully saturated rings. The lowest BCUT2D eigenvalue weighted by Crippen LogP contribution is -2.52. The second-order valence-corrected chi connectivity index (χ2v) is 9.30. The summed E-state index contributed by atoms with van der Waals surface area (Å²) in [5, 5.41) is 11.8. The highest BCUT2D eigenvalue weighted by atomic mass is 32.2. The first-order valence-corrected chi connectivity index (χ1v) is 11.9. The molecule has 1 saturated heterocycles. The molecular formula is C20H30N4O6S. The normalized spacial score (nSPS) is 17.3. The van der Waals surface area contributed by atoms with Crippen LogP contribution in [-0.2, 0) is 30.2 Å². The summed E-state index contributed by atoms with van der Waals surface area (Å²) < 4.78 is 26.8. The minimum Gasteiger partial charge on any atom is -0.480 e. The van der Waals surface area contributed by atoms with E-state index in [2.05, 4.69) is 10.0 Å². The number of rotatable bonds is 12. The molecule has 0 aromatic heterocycles. The summed E-state index contributed by atoms with van der Waals surface area (Å²) in [5.41, 5.74) is 6.01. The number of hydrogen-bond acceptors (Lipinski definition) is 6. The lowest BCUT2D eigenvalue weighted by atomic mass is 10.1. The number of likely N-dealkylation sites (tertiary alicyclic amines) is 1. The Morgan fingerprint density at radius 3 is 2.55 bits per heavy atom. The molecule has 2 rings (SSSR count). The first kappa shape index (κ1) is 24.8. The maximum atomic E-state index is 12.6. The van der Waals surface area contributed by atoms with Crippen LogP contribution in [0.25, 0.3) is 0 Å². The first-order chi connectivity index (χ1) is 14.7. The smallest absolute Gasteiger partial charge is 0.326 e. The number of nitrogens with two attached hydrogens (primary N) is 1. The Bertz CT molecular complexity index is 862. The summed E-state index contributed by atoms with van der Waals surface area (Å²) in [4.78, 5) is 37.9. The zero-order valence-corrected chi connectivity index (χ0v) is 18.1. The number of hydrogen-bond donors (Lipinski definition) is 4. The van der Waals surface area contributed by atoms with Crippen LogP contribution in [-0.4, -0.2) is 67.9 Å². The third-order valence-corrected chi connectivity index (χ3v) is 6.38. The topological polar surface area (TPSA) is 159 Å². The number of carbonyl (C=O) groups excluding carboxylic acids is 2. The number of nitrogens with one attached hydrogen (secondary N) is 2. The van der Waals surface area contributed by atoms with E-state index in [0.717, 1.165) is 0 Å². The SMILES string of the molecule is NCCCC[C@H](NC(=O)[C@@H]1CCCN1C(=O)CNS(=O)(=O)Cc1ccccc1)C(=O)O. The van der Waals surface area contributed by atoms with Crippen molar-refractivity contribution in [3.05, 3.63) is 35.9 Å². The van der Waals surface area contributed by atoms with Gasteiger partial charge >= 0.3 is 5.97 Å². The highest BCUT2D eigenvalue weighted by Crippen LogP contribution is 2.18. The third-order valence-electron chi connectivity index (χ3n) is 5.08. The second-order valence-electron chi connectivity index (χ2n) is 7.49. The molecule has 0 aliphatic carbocycles. The van der Waals surface area contributed by atoms with Crippen LogP contribution in [0.4, 0.5) is 0 Å². The van der Waals surface area contributed by atoms with Crippen molar-refractivity contribution in [2.75, 3.05) is 19.6 Å². The summed E-state index contributed by atoms with van der Waals surface area (Å²) >= 11 is 0. The summed E-state index contributed by atoms with van der Waals surface area (Å²) in [7, 11) is -3.73. The van der Waals surface area contributed by atoms with Crippen LogP contribution in [0.3, 0.4) is 0 Å². The summed E-state index contributed by atoms with van der Waals surface area (Å²) in [6.45, 7) is 0.283. The third kappa shape index (κ3) is 7.93. The van der Waals surface area contributed by atoms with E-state index in [9.17, 15) is 27.9 Å². The van der Waals surface area contributed by atoms with E-state index in [0.29, 0.717) is 44.3 Å². The van der Waals surface area contributed by atoms with Gasteiger partial charge in [0.05, 0.1) is 12.3 Å². The van der Waals surface area contributed by atoms with Crippen LogP contribution in [0.5, 0.6) is 0 Å². The van der Waals surface area contributed by atoms with Gasteiger partial charge in [0, 0.05) is 6.54 Å². The molecule has 10 nitrogen and oxygen atoms in total. The summed E-state index contributed by atoms with van der Waals surface area (Å²) in [5.74, 6) is -2.47. The van der Waals surface area contributed by atoms with Crippen molar-refractivity contribution >= 4 is 27.8 Å². The van der Waals surface area contributed by atoms with E-state index >= 15 is 0 Å². The van der Waals surface area contributed by atoms with E-state index in [-0.39, 0.29) is 12.2 Å². The van der Waals surface area contributed by atoms with E-state index in [4.69, 9.17) is 5.73 Å². The maximum Gasteiger partial charge on any atom is 0.326 e. The summed E-state index contributed by atoms with van der Waals surface area (Å²) in [6.07, 6.45) is 2.42. The molecule has 172 valence electrons. The van der Waals surface area contributed by atoms with Gasteiger partial charge in [-0.1, -0.05) is 30.3 Å². The monoisotopic (exact) mass is 454 g/mol. The van der Waals surface area contributed by atoms with Crippen LogP contribution < -0.4 is 15.8 Å². The quantitative estimate of drug-likeness (QED) is 0.318. The molecule has 0 radical (unpaired) electrons. The fourth-order valence-corrected chi connectivity index (χ4v) is 4.55. The van der Waals surface area contributed by atoms with E-state index in [1.807, 2.05) is 0 Å². The molecule has 1 aromatic carbocycles. The predicted octanol–water partition coefficient (Wildman–Crippen LogP) is -0.205. The van der Waals surface area contributed by atoms with Crippen molar-refractivity contribution in [1.82, 2.24) is 14.9 Å². The molecule has 0 bridgehead atoms. The number of sulfonamides is 1. The Labute approximate surface area is 182 Å². The Morgan fingerprint density at radius 2 is 1.90 bits per heavy atom. The standard InChI is InChI=1S/C20H30N4O6S/c21-11-5-4-9-16(20(27)28)23-19(26)17-10-6-12-24(17)18(25)13-22-31(29,30)14-15-7-2-1-3-8-15/h1-3,7-8,16-17,22H,4-6,9-14,21H2,(H,23,26)(H,27,28)/t16-,17-/m0/s1. The Morgan fingerprint density at radius 1 is 1.19 bits per heavy atom. The van der Waals surface area contributed by atoms with Crippen molar-refractivity contribution in [2.24, 2.45) is 5.73 Å². The van der Waals surface area contributed by atoms with Gasteiger partial charge in [0.2, 0.25) is 21.8 Å². The number of carbonyl (C=O) groups is 3. The molecule has 0 saturated carbocycles. The molecule has 0 unspecified atom stereocenters. The summed E-state index contributed by atoms with van der Waals surface area (Å²) in [6, 6.07) is 6.71. The van der Waals surface area contributed by atoms with E-state index < -0.39 is 46.4 Å². The zero-order chi connectivity index (χ0) is 22.9. The minimum absolute atomic E-state index is 0.248. The molecule has 11 heteroatoms. The van der Waals surface area contributed by atoms with Crippen molar-refractivity contribution in [3.8, 4) is 0 Å². The molecule has 1 aliphatic heterocycles. The predicted molar refractivity (Wildman–Crippen MR) is 114 cm³/mol. The van der Waals surface area contributed by atoms with Gasteiger partial charge in [0.15, 0.2) is 0 Å². The fraction of sp³-hybridized carbons (Fsp3) is 0.550. The molecular weight excluding hydrogens is 424 g/mol. The lowest BCUT2D eigenvalue weighted by Gasteiger charge is -2.25. The van der Waals surface area contributed by atoms with Crippen LogP contribution in [0.15, 0.2) is 30.3 Å². The molecule has 31 heavy (non-hydrogen) atoms. The lowest BCUT2D eigenvalue weighted by molar-refractivity contribution is -0.143. The van der Waals surface area contributed by atoms with Crippen molar-refractivity contribution < 1.29 is 27.9 Å². The number of amides is 2. The molecule has 1 aromatic rings. The minimum atomic E-state index is -3.73. The molecule has 5 N–H and O–H groups in total. The number of unbranched alkanes of at least 4 members (excludes halogenated alkanes) is 1. The largest absolute Gasteiger partial charge is 0.480 e. The molecule has 2 amide bonds. The average Bonchev–Trinajstić information content (AvgIpc) is 3.22. The van der Waals surface area contributed by atoms with Gasteiger partial charge in [0.25, 0.3) is 0 Å². The first-order valence-electron chi connectivity index (χ1n) is 10.3. The number of carboxylic acids is 1. The van der Waals surface area contributed by atoms with Crippen LogP contribution >= 0.6 is 0 Å². The number of carboxylic acid groups (broad SMARTS) is 1. The average molecular weight is 455 g/mol. The molecule has 2 atom stereocenters. The van der Waals surface area contributed by atoms with E-state index in [1.54, 1.807) is 30.3 Å². The van der Waals surface area contributed by atoms with Gasteiger partial charge in [-0.05, 0) is 44.2 Å². The Balaban J connectivity index is 1.91. The molecule has 1 aliphatic rings. The van der Waals surface area contributed by atoms with Crippen LogP contribution in [0.1, 0.15) is 37.7 Å². The van der Waals surface area contributed by atoms with Gasteiger partial charge in [-0.3, -0.25) is 9.59 Å². The fourth-order valence-electron chi connectivity index (χ4n) is 3.47. The van der Waals surface area contributed by atoms with Crippen LogP contribution in [0.2, 0.25) is 0 Å². The van der Waals surface area contributed by atoms with Gasteiger partial charge in [-0.2, -0.15) is 0 Å². The van der Waals surface area contributed by atoms with Gasteiger partial charge in [0.1, 0.15) is 12.1 Å². The van der Waals surface area contributed by atoms with Crippen molar-refractivity contribution in [3.63, 3.8) is 0 Å². The Hall–Kier alpha value is -2.50. The van der Waals surface area contributed by atoms with Gasteiger partial charge in [-0.25, -0.2) is 17.9 Å². The number of aliphatic carboxylic acids is 1. The zero-order valence-electron chi connectivity index (χ0n) is 17.3. The number of benzene rings is 1. The van der Waals surface area contributed by atoms with Gasteiger partial charge in [-0.15, -0.1) is 0 Å². The molecule has 0 spiro atoms.